The number of esters is 1. The van der Waals surface area contributed by atoms with Crippen LogP contribution >= 0.6 is 0 Å². The van der Waals surface area contributed by atoms with Gasteiger partial charge in [-0.05, 0) is 91.4 Å². The number of hydrogen-bond donors (Lipinski definition) is 2. The monoisotopic (exact) mass is 458 g/mol. The van der Waals surface area contributed by atoms with Crippen LogP contribution in [0.1, 0.15) is 33.3 Å². The highest BCUT2D eigenvalue weighted by Crippen LogP contribution is 2.36. The Kier molecular flexibility index (Phi) is 7.40. The van der Waals surface area contributed by atoms with Crippen LogP contribution in [0.15, 0.2) is 91.0 Å². The maximum Gasteiger partial charge on any atom is 0.338 e. The van der Waals surface area contributed by atoms with Crippen LogP contribution in [0.3, 0.4) is 0 Å². The number of ether oxygens (including phenoxy) is 2. The number of carbonyl (C=O) groups is 1. The van der Waals surface area contributed by atoms with Gasteiger partial charge < -0.3 is 19.7 Å². The van der Waals surface area contributed by atoms with E-state index >= 15 is 0 Å². The predicted molar refractivity (Wildman–Crippen MR) is 134 cm³/mol. The lowest BCUT2D eigenvalue weighted by atomic mass is 9.87. The normalized spacial score (nSPS) is 12.1. The maximum atomic E-state index is 11.7. The third-order valence-electron chi connectivity index (χ3n) is 5.26. The zero-order chi connectivity index (χ0) is 25.0. The highest BCUT2D eigenvalue weighted by molar-refractivity contribution is 5.88. The van der Waals surface area contributed by atoms with Crippen LogP contribution in [0.2, 0.25) is 0 Å². The molecule has 3 aromatic rings. The molecule has 0 aliphatic heterocycles. The molecule has 0 aliphatic rings. The van der Waals surface area contributed by atoms with Gasteiger partial charge in [0.05, 0.1) is 5.60 Å². The van der Waals surface area contributed by atoms with Gasteiger partial charge in [-0.25, -0.2) is 4.79 Å². The van der Waals surface area contributed by atoms with Crippen LogP contribution in [0.5, 0.6) is 11.5 Å². The molecule has 0 saturated heterocycles. The van der Waals surface area contributed by atoms with Gasteiger partial charge in [0, 0.05) is 5.57 Å². The number of aliphatic hydroxyl groups is 2. The van der Waals surface area contributed by atoms with Crippen molar-refractivity contribution in [1.29, 1.82) is 0 Å². The molecule has 0 aromatic heterocycles. The lowest BCUT2D eigenvalue weighted by molar-refractivity contribution is -0.130. The van der Waals surface area contributed by atoms with E-state index in [1.807, 2.05) is 42.5 Å². The van der Waals surface area contributed by atoms with E-state index in [-0.39, 0.29) is 0 Å². The molecule has 3 aromatic carbocycles. The molecule has 1 unspecified atom stereocenters. The molecule has 2 N–H and O–H groups in total. The lowest BCUT2D eigenvalue weighted by Gasteiger charge is -2.23. The molecule has 0 spiro atoms. The SMILES string of the molecule is C=C(C)C(=O)Oc1ccc(-c2ccc(-c3ccc(OC(O)C(=C)C)cc3)c(C(C)(C)O)c2)cc1. The molecule has 0 radical (unpaired) electrons. The summed E-state index contributed by atoms with van der Waals surface area (Å²) in [5.74, 6) is 0.496. The van der Waals surface area contributed by atoms with E-state index < -0.39 is 17.9 Å². The lowest BCUT2D eigenvalue weighted by Crippen LogP contribution is -2.17. The summed E-state index contributed by atoms with van der Waals surface area (Å²) in [6.07, 6.45) is -1.06. The van der Waals surface area contributed by atoms with Crippen LogP contribution in [0, 0.1) is 0 Å². The Hall–Kier alpha value is -3.67. The molecular weight excluding hydrogens is 428 g/mol. The molecule has 1 atom stereocenters. The minimum absolute atomic E-state index is 0.334. The largest absolute Gasteiger partial charge is 0.461 e. The van der Waals surface area contributed by atoms with Crippen molar-refractivity contribution in [3.63, 3.8) is 0 Å². The first-order valence-corrected chi connectivity index (χ1v) is 10.9. The highest BCUT2D eigenvalue weighted by Gasteiger charge is 2.22. The van der Waals surface area contributed by atoms with Gasteiger partial charge in [-0.2, -0.15) is 0 Å². The van der Waals surface area contributed by atoms with Crippen LogP contribution in [-0.4, -0.2) is 22.5 Å². The summed E-state index contributed by atoms with van der Waals surface area (Å²) in [5, 5.41) is 20.8. The van der Waals surface area contributed by atoms with Gasteiger partial charge in [-0.1, -0.05) is 49.6 Å². The molecule has 0 aliphatic carbocycles. The van der Waals surface area contributed by atoms with Crippen LogP contribution in [0.4, 0.5) is 0 Å². The molecule has 3 rings (SSSR count). The fourth-order valence-electron chi connectivity index (χ4n) is 3.33. The highest BCUT2D eigenvalue weighted by atomic mass is 16.6. The van der Waals surface area contributed by atoms with Gasteiger partial charge in [0.2, 0.25) is 6.29 Å². The van der Waals surface area contributed by atoms with Crippen molar-refractivity contribution < 1.29 is 24.5 Å². The fraction of sp³-hybridized carbons (Fsp3) is 0.207. The third-order valence-corrected chi connectivity index (χ3v) is 5.26. The second-order valence-corrected chi connectivity index (χ2v) is 8.85. The molecular formula is C29H30O5. The van der Waals surface area contributed by atoms with Crippen LogP contribution < -0.4 is 9.47 Å². The zero-order valence-electron chi connectivity index (χ0n) is 20.0. The van der Waals surface area contributed by atoms with Gasteiger partial charge >= 0.3 is 5.97 Å². The van der Waals surface area contributed by atoms with Crippen molar-refractivity contribution in [2.75, 3.05) is 0 Å². The summed E-state index contributed by atoms with van der Waals surface area (Å²) in [4.78, 5) is 11.7. The molecule has 0 amide bonds. The van der Waals surface area contributed by atoms with Gasteiger partial charge in [0.25, 0.3) is 0 Å². The zero-order valence-corrected chi connectivity index (χ0v) is 20.0. The van der Waals surface area contributed by atoms with Gasteiger partial charge in [0.15, 0.2) is 0 Å². The Balaban J connectivity index is 1.91. The summed E-state index contributed by atoms with van der Waals surface area (Å²) in [7, 11) is 0. The Bertz CT molecular complexity index is 1200. The summed E-state index contributed by atoms with van der Waals surface area (Å²) in [6.45, 7) is 14.1. The standard InChI is InChI=1S/C29H30O5/c1-18(2)27(30)33-23-12-7-20(8-13-23)22-11-16-25(26(17-22)29(5,6)32)21-9-14-24(15-10-21)34-28(31)19(3)4/h7-17,28,31-32H,1,3H2,2,4-6H3. The molecule has 34 heavy (non-hydrogen) atoms. The van der Waals surface area contributed by atoms with Gasteiger partial charge in [-0.15, -0.1) is 0 Å². The number of hydrogen-bond acceptors (Lipinski definition) is 5. The molecule has 0 bridgehead atoms. The quantitative estimate of drug-likeness (QED) is 0.142. The molecule has 0 fully saturated rings. The minimum Gasteiger partial charge on any atom is -0.461 e. The summed E-state index contributed by atoms with van der Waals surface area (Å²) in [6, 6.07) is 20.4. The Morgan fingerprint density at radius 1 is 0.853 bits per heavy atom. The number of benzene rings is 3. The second-order valence-electron chi connectivity index (χ2n) is 8.85. The van der Waals surface area contributed by atoms with Crippen molar-refractivity contribution >= 4 is 5.97 Å². The van der Waals surface area contributed by atoms with E-state index in [1.54, 1.807) is 52.0 Å². The average Bonchev–Trinajstić information content (AvgIpc) is 2.79. The smallest absolute Gasteiger partial charge is 0.338 e. The first-order valence-electron chi connectivity index (χ1n) is 10.9. The molecule has 0 saturated carbocycles. The predicted octanol–water partition coefficient (Wildman–Crippen LogP) is 6.00. The molecule has 5 heteroatoms. The minimum atomic E-state index is -1.09. The van der Waals surface area contributed by atoms with Crippen molar-refractivity contribution in [2.24, 2.45) is 0 Å². The van der Waals surface area contributed by atoms with Gasteiger partial charge in [0.1, 0.15) is 11.5 Å². The molecule has 176 valence electrons. The Labute approximate surface area is 200 Å². The van der Waals surface area contributed by atoms with Crippen LogP contribution in [0.25, 0.3) is 22.3 Å². The summed E-state index contributed by atoms with van der Waals surface area (Å²) >= 11 is 0. The van der Waals surface area contributed by atoms with Crippen molar-refractivity contribution in [1.82, 2.24) is 0 Å². The Morgan fingerprint density at radius 3 is 1.91 bits per heavy atom. The van der Waals surface area contributed by atoms with Crippen molar-refractivity contribution in [3.05, 3.63) is 96.6 Å². The van der Waals surface area contributed by atoms with E-state index in [4.69, 9.17) is 9.47 Å². The number of rotatable bonds is 8. The van der Waals surface area contributed by atoms with Crippen molar-refractivity contribution in [3.8, 4) is 33.8 Å². The van der Waals surface area contributed by atoms with E-state index in [2.05, 4.69) is 13.2 Å². The topological polar surface area (TPSA) is 76.0 Å². The second kappa shape index (κ2) is 10.1. The number of carbonyl (C=O) groups excluding carboxylic acids is 1. The number of aliphatic hydroxyl groups excluding tert-OH is 1. The first kappa shape index (κ1) is 25.0. The Morgan fingerprint density at radius 2 is 1.38 bits per heavy atom. The average molecular weight is 459 g/mol. The summed E-state index contributed by atoms with van der Waals surface area (Å²) in [5.41, 5.74) is 4.16. The van der Waals surface area contributed by atoms with Crippen LogP contribution in [-0.2, 0) is 10.4 Å². The van der Waals surface area contributed by atoms with Crippen molar-refractivity contribution in [2.45, 2.75) is 39.6 Å². The van der Waals surface area contributed by atoms with E-state index in [9.17, 15) is 15.0 Å². The molecule has 5 nitrogen and oxygen atoms in total. The van der Waals surface area contributed by atoms with Gasteiger partial charge in [-0.3, -0.25) is 0 Å². The van der Waals surface area contributed by atoms with E-state index in [0.29, 0.717) is 22.6 Å². The fourth-order valence-corrected chi connectivity index (χ4v) is 3.33. The third kappa shape index (κ3) is 6.01. The molecule has 0 heterocycles. The van der Waals surface area contributed by atoms with E-state index in [1.165, 1.54) is 0 Å². The maximum absolute atomic E-state index is 11.7. The van der Waals surface area contributed by atoms with E-state index in [0.717, 1.165) is 27.8 Å². The first-order chi connectivity index (χ1) is 16.0. The summed E-state index contributed by atoms with van der Waals surface area (Å²) < 4.78 is 10.7.